The minimum Gasteiger partial charge on any atom is -0.342 e. The number of likely N-dealkylation sites (tertiary alicyclic amines) is 1. The van der Waals surface area contributed by atoms with Crippen molar-refractivity contribution in [2.45, 2.75) is 31.2 Å². The van der Waals surface area contributed by atoms with Crippen LogP contribution in [0.2, 0.25) is 0 Å². The number of hydrogen-bond acceptors (Lipinski definition) is 2. The highest BCUT2D eigenvalue weighted by atomic mass is 79.9. The zero-order chi connectivity index (χ0) is 14.6. The molecule has 112 valence electrons. The van der Waals surface area contributed by atoms with Crippen LogP contribution in [0.4, 0.5) is 0 Å². The van der Waals surface area contributed by atoms with Crippen LogP contribution in [0.15, 0.2) is 28.7 Å². The second kappa shape index (κ2) is 5.10. The maximum absolute atomic E-state index is 12.7. The number of carbonyl (C=O) groups is 1. The third kappa shape index (κ3) is 2.42. The van der Waals surface area contributed by atoms with Crippen molar-refractivity contribution in [3.8, 4) is 0 Å². The summed E-state index contributed by atoms with van der Waals surface area (Å²) in [7, 11) is 0. The number of nitrogens with two attached hydrogens (primary N) is 1. The Bertz CT molecular complexity index is 576. The number of amides is 1. The third-order valence-electron chi connectivity index (χ3n) is 5.61. The largest absolute Gasteiger partial charge is 0.342 e. The third-order valence-corrected chi connectivity index (χ3v) is 6.10. The monoisotopic (exact) mass is 348 g/mol. The lowest BCUT2D eigenvalue weighted by atomic mass is 9.98. The van der Waals surface area contributed by atoms with E-state index >= 15 is 0 Å². The minimum absolute atomic E-state index is 0.203. The Kier molecular flexibility index (Phi) is 3.34. The van der Waals surface area contributed by atoms with E-state index in [0.717, 1.165) is 30.4 Å². The molecule has 3 nitrogen and oxygen atoms in total. The van der Waals surface area contributed by atoms with E-state index in [0.29, 0.717) is 29.7 Å². The molecule has 2 aliphatic carbocycles. The topological polar surface area (TPSA) is 46.3 Å². The lowest BCUT2D eigenvalue weighted by molar-refractivity contribution is -0.131. The van der Waals surface area contributed by atoms with Gasteiger partial charge in [-0.3, -0.25) is 4.79 Å². The van der Waals surface area contributed by atoms with Gasteiger partial charge in [0, 0.05) is 29.5 Å². The number of benzene rings is 1. The molecule has 4 heteroatoms. The fourth-order valence-corrected chi connectivity index (χ4v) is 4.71. The average molecular weight is 349 g/mol. The van der Waals surface area contributed by atoms with Gasteiger partial charge in [0.15, 0.2) is 0 Å². The van der Waals surface area contributed by atoms with E-state index in [1.165, 1.54) is 12.0 Å². The van der Waals surface area contributed by atoms with E-state index in [-0.39, 0.29) is 5.92 Å². The molecular formula is C17H21BrN2O. The fraction of sp³-hybridized carbons (Fsp3) is 0.588. The van der Waals surface area contributed by atoms with Gasteiger partial charge in [-0.05, 0) is 54.7 Å². The number of nitrogens with zero attached hydrogens (tertiary/aromatic N) is 1. The zero-order valence-electron chi connectivity index (χ0n) is 12.0. The highest BCUT2D eigenvalue weighted by Gasteiger charge is 2.49. The summed E-state index contributed by atoms with van der Waals surface area (Å²) in [5.74, 6) is 2.20. The van der Waals surface area contributed by atoms with Gasteiger partial charge in [0.05, 0.1) is 0 Å². The van der Waals surface area contributed by atoms with Gasteiger partial charge >= 0.3 is 0 Å². The van der Waals surface area contributed by atoms with Crippen LogP contribution in [-0.4, -0.2) is 29.9 Å². The Morgan fingerprint density at radius 1 is 1.29 bits per heavy atom. The predicted molar refractivity (Wildman–Crippen MR) is 85.8 cm³/mol. The first-order valence-corrected chi connectivity index (χ1v) is 8.72. The molecule has 2 saturated carbocycles. The maximum atomic E-state index is 12.7. The molecule has 5 unspecified atom stereocenters. The van der Waals surface area contributed by atoms with Crippen molar-refractivity contribution in [1.29, 1.82) is 0 Å². The molecule has 1 saturated heterocycles. The molecular weight excluding hydrogens is 328 g/mol. The van der Waals surface area contributed by atoms with E-state index in [2.05, 4.69) is 39.0 Å². The maximum Gasteiger partial charge on any atom is 0.226 e. The summed E-state index contributed by atoms with van der Waals surface area (Å²) >= 11 is 3.51. The first kappa shape index (κ1) is 13.8. The number of halogens is 1. The van der Waals surface area contributed by atoms with Gasteiger partial charge in [0.25, 0.3) is 0 Å². The quantitative estimate of drug-likeness (QED) is 0.893. The van der Waals surface area contributed by atoms with E-state index in [1.807, 2.05) is 6.07 Å². The van der Waals surface area contributed by atoms with Gasteiger partial charge < -0.3 is 10.6 Å². The van der Waals surface area contributed by atoms with Crippen LogP contribution in [0.25, 0.3) is 0 Å². The minimum atomic E-state index is 0.203. The van der Waals surface area contributed by atoms with E-state index in [4.69, 9.17) is 5.73 Å². The molecule has 1 aromatic carbocycles. The molecule has 0 aromatic heterocycles. The highest BCUT2D eigenvalue weighted by Crippen LogP contribution is 2.50. The van der Waals surface area contributed by atoms with Crippen molar-refractivity contribution < 1.29 is 4.79 Å². The molecule has 21 heavy (non-hydrogen) atoms. The number of hydrogen-bond donors (Lipinski definition) is 1. The second-order valence-corrected chi connectivity index (χ2v) is 7.83. The number of carbonyl (C=O) groups excluding carboxylic acids is 1. The normalized spacial score (nSPS) is 37.6. The van der Waals surface area contributed by atoms with Gasteiger partial charge in [-0.1, -0.05) is 28.1 Å². The van der Waals surface area contributed by atoms with Crippen molar-refractivity contribution in [3.63, 3.8) is 0 Å². The van der Waals surface area contributed by atoms with E-state index < -0.39 is 0 Å². The van der Waals surface area contributed by atoms with Crippen molar-refractivity contribution >= 4 is 21.8 Å². The van der Waals surface area contributed by atoms with Gasteiger partial charge in [-0.2, -0.15) is 0 Å². The van der Waals surface area contributed by atoms with Crippen molar-refractivity contribution in [2.75, 3.05) is 13.1 Å². The predicted octanol–water partition coefficient (Wildman–Crippen LogP) is 2.75. The number of rotatable bonds is 2. The van der Waals surface area contributed by atoms with Crippen molar-refractivity contribution in [3.05, 3.63) is 34.3 Å². The molecule has 1 amide bonds. The Hall–Kier alpha value is -0.870. The lowest BCUT2D eigenvalue weighted by Crippen LogP contribution is -2.34. The van der Waals surface area contributed by atoms with Crippen LogP contribution < -0.4 is 5.73 Å². The summed E-state index contributed by atoms with van der Waals surface area (Å²) in [5.41, 5.74) is 7.46. The Morgan fingerprint density at radius 3 is 2.90 bits per heavy atom. The van der Waals surface area contributed by atoms with Crippen molar-refractivity contribution in [1.82, 2.24) is 4.90 Å². The zero-order valence-corrected chi connectivity index (χ0v) is 13.6. The summed E-state index contributed by atoms with van der Waals surface area (Å²) in [6, 6.07) is 8.68. The van der Waals surface area contributed by atoms with Crippen LogP contribution in [-0.2, 0) is 4.79 Å². The van der Waals surface area contributed by atoms with Gasteiger partial charge in [0.1, 0.15) is 0 Å². The summed E-state index contributed by atoms with van der Waals surface area (Å²) in [6.07, 6.45) is 3.35. The second-order valence-electron chi connectivity index (χ2n) is 6.91. The van der Waals surface area contributed by atoms with Crippen LogP contribution in [0.3, 0.4) is 0 Å². The summed E-state index contributed by atoms with van der Waals surface area (Å²) in [5, 5.41) is 0. The van der Waals surface area contributed by atoms with Crippen molar-refractivity contribution in [2.24, 2.45) is 23.5 Å². The fourth-order valence-electron chi connectivity index (χ4n) is 4.30. The molecule has 3 aliphatic rings. The summed E-state index contributed by atoms with van der Waals surface area (Å²) < 4.78 is 1.10. The van der Waals surface area contributed by atoms with E-state index in [1.54, 1.807) is 0 Å². The smallest absolute Gasteiger partial charge is 0.226 e. The Morgan fingerprint density at radius 2 is 2.14 bits per heavy atom. The average Bonchev–Trinajstić information content (AvgIpc) is 3.04. The number of fused-ring (bicyclic) bond motifs is 1. The summed E-state index contributed by atoms with van der Waals surface area (Å²) in [4.78, 5) is 14.8. The molecule has 2 N–H and O–H groups in total. The van der Waals surface area contributed by atoms with Crippen LogP contribution in [0.5, 0.6) is 0 Å². The first-order valence-electron chi connectivity index (χ1n) is 7.93. The molecule has 0 spiro atoms. The first-order chi connectivity index (χ1) is 10.1. The lowest BCUT2D eigenvalue weighted by Gasteiger charge is -2.19. The molecule has 1 aromatic rings. The van der Waals surface area contributed by atoms with Gasteiger partial charge in [0.2, 0.25) is 5.91 Å². The van der Waals surface area contributed by atoms with Gasteiger partial charge in [-0.15, -0.1) is 0 Å². The molecule has 0 bridgehead atoms. The SMILES string of the molecule is NC1CCC2CN(C(=O)C3CC3c3cccc(Br)c3)CC12. The molecule has 1 heterocycles. The molecule has 5 atom stereocenters. The van der Waals surface area contributed by atoms with Crippen LogP contribution in [0, 0.1) is 17.8 Å². The Balaban J connectivity index is 1.41. The van der Waals surface area contributed by atoms with E-state index in [9.17, 15) is 4.79 Å². The Labute approximate surface area is 134 Å². The molecule has 3 fully saturated rings. The highest BCUT2D eigenvalue weighted by molar-refractivity contribution is 9.10. The molecule has 0 radical (unpaired) electrons. The standard InChI is InChI=1S/C17H21BrN2O/c18-12-3-1-2-10(6-12)13-7-14(13)17(21)20-8-11-4-5-16(19)15(11)9-20/h1-3,6,11,13-16H,4-5,7-9,19H2. The summed E-state index contributed by atoms with van der Waals surface area (Å²) in [6.45, 7) is 1.84. The van der Waals surface area contributed by atoms with Gasteiger partial charge in [-0.25, -0.2) is 0 Å². The van der Waals surface area contributed by atoms with Crippen LogP contribution >= 0.6 is 15.9 Å². The molecule has 1 aliphatic heterocycles. The molecule has 4 rings (SSSR count). The van der Waals surface area contributed by atoms with Crippen LogP contribution in [0.1, 0.15) is 30.7 Å².